The number of halogens is 1. The van der Waals surface area contributed by atoms with Gasteiger partial charge in [-0.15, -0.1) is 0 Å². The van der Waals surface area contributed by atoms with Crippen molar-refractivity contribution < 1.29 is 0 Å². The van der Waals surface area contributed by atoms with Gasteiger partial charge in [-0.3, -0.25) is 4.72 Å². The van der Waals surface area contributed by atoms with Crippen LogP contribution in [0.25, 0.3) is 11.4 Å². The summed E-state index contributed by atoms with van der Waals surface area (Å²) in [5.41, 5.74) is 9.05. The third kappa shape index (κ3) is 5.85. The van der Waals surface area contributed by atoms with E-state index in [1.807, 2.05) is 57.1 Å². The van der Waals surface area contributed by atoms with Crippen molar-refractivity contribution in [2.24, 2.45) is 11.7 Å². The molecule has 5 nitrogen and oxygen atoms in total. The Morgan fingerprint density at radius 1 is 1.28 bits per heavy atom. The Labute approximate surface area is 184 Å². The molecule has 3 N–H and O–H groups in total. The Morgan fingerprint density at radius 2 is 2.07 bits per heavy atom. The van der Waals surface area contributed by atoms with Crippen molar-refractivity contribution in [3.05, 3.63) is 40.5 Å². The van der Waals surface area contributed by atoms with E-state index < -0.39 is 0 Å². The molecule has 29 heavy (non-hydrogen) atoms. The number of nitrogens with two attached hydrogens (primary N) is 1. The maximum Gasteiger partial charge on any atom is 0.161 e. The monoisotopic (exact) mass is 433 g/mol. The van der Waals surface area contributed by atoms with Gasteiger partial charge >= 0.3 is 0 Å². The molecule has 1 aliphatic carbocycles. The lowest BCUT2D eigenvalue weighted by molar-refractivity contribution is 0.602. The second kappa shape index (κ2) is 10.6. The zero-order valence-electron chi connectivity index (χ0n) is 17.6. The molecule has 1 saturated carbocycles. The van der Waals surface area contributed by atoms with E-state index in [9.17, 15) is 0 Å². The summed E-state index contributed by atoms with van der Waals surface area (Å²) in [6.45, 7) is 9.46. The fraction of sp³-hybridized carbons (Fsp3) is 0.545. The maximum atomic E-state index is 6.31. The molecule has 2 aromatic rings. The molecule has 1 unspecified atom stereocenters. The molecule has 1 aromatic heterocycles. The van der Waals surface area contributed by atoms with E-state index in [-0.39, 0.29) is 0 Å². The molecular formula is C22H32ClN5S. The maximum absolute atomic E-state index is 6.31. The zero-order chi connectivity index (χ0) is 20.8. The summed E-state index contributed by atoms with van der Waals surface area (Å²) in [6, 6.07) is 6.00. The summed E-state index contributed by atoms with van der Waals surface area (Å²) in [5, 5.41) is 1.52. The summed E-state index contributed by atoms with van der Waals surface area (Å²) in [7, 11) is 0. The molecule has 1 aliphatic heterocycles. The van der Waals surface area contributed by atoms with E-state index in [0.717, 1.165) is 71.2 Å². The SMILES string of the molecule is CC.Cc1ccc(-c2ncc(CNSC3CC3)c(N3CCC(CN)C3)n2)cc1Cl. The summed E-state index contributed by atoms with van der Waals surface area (Å²) in [5.74, 6) is 2.29. The average molecular weight is 434 g/mol. The molecule has 4 rings (SSSR count). The first-order chi connectivity index (χ1) is 14.1. The Hall–Kier alpha value is -1.34. The number of aryl methyl sites for hydroxylation is 1. The van der Waals surface area contributed by atoms with Crippen LogP contribution in [-0.4, -0.2) is 34.9 Å². The lowest BCUT2D eigenvalue weighted by atomic mass is 10.1. The number of rotatable bonds is 7. The third-order valence-corrected chi connectivity index (χ3v) is 6.75. The van der Waals surface area contributed by atoms with E-state index in [1.165, 1.54) is 12.8 Å². The second-order valence-electron chi connectivity index (χ2n) is 7.48. The van der Waals surface area contributed by atoms with Gasteiger partial charge < -0.3 is 10.6 Å². The number of nitrogens with zero attached hydrogens (tertiary/aromatic N) is 3. The van der Waals surface area contributed by atoms with Gasteiger partial charge in [0.25, 0.3) is 0 Å². The van der Waals surface area contributed by atoms with E-state index in [1.54, 1.807) is 0 Å². The Balaban J connectivity index is 0.00000117. The van der Waals surface area contributed by atoms with Crippen LogP contribution in [0, 0.1) is 12.8 Å². The quantitative estimate of drug-likeness (QED) is 0.610. The van der Waals surface area contributed by atoms with Crippen LogP contribution in [0.15, 0.2) is 24.4 Å². The van der Waals surface area contributed by atoms with E-state index in [4.69, 9.17) is 22.3 Å². The van der Waals surface area contributed by atoms with Crippen LogP contribution in [0.5, 0.6) is 0 Å². The van der Waals surface area contributed by atoms with E-state index >= 15 is 0 Å². The van der Waals surface area contributed by atoms with Gasteiger partial charge in [0, 0.05) is 47.2 Å². The van der Waals surface area contributed by atoms with Gasteiger partial charge in [-0.05, 0) is 50.3 Å². The molecule has 2 heterocycles. The highest BCUT2D eigenvalue weighted by molar-refractivity contribution is 7.98. The first kappa shape index (κ1) is 22.3. The van der Waals surface area contributed by atoms with Crippen LogP contribution in [0.3, 0.4) is 0 Å². The van der Waals surface area contributed by atoms with Gasteiger partial charge in [-0.2, -0.15) is 0 Å². The lowest BCUT2D eigenvalue weighted by Gasteiger charge is -2.21. The number of nitrogens with one attached hydrogen (secondary N) is 1. The molecule has 2 aliphatic rings. The van der Waals surface area contributed by atoms with Crippen molar-refractivity contribution >= 4 is 29.4 Å². The summed E-state index contributed by atoms with van der Waals surface area (Å²) in [4.78, 5) is 11.9. The summed E-state index contributed by atoms with van der Waals surface area (Å²) < 4.78 is 3.49. The van der Waals surface area contributed by atoms with Crippen LogP contribution in [0.1, 0.15) is 44.2 Å². The average Bonchev–Trinajstić information content (AvgIpc) is 3.45. The third-order valence-electron chi connectivity index (χ3n) is 5.23. The molecule has 1 saturated heterocycles. The van der Waals surface area contributed by atoms with Crippen molar-refractivity contribution in [1.82, 2.24) is 14.7 Å². The lowest BCUT2D eigenvalue weighted by Crippen LogP contribution is -2.25. The Bertz CT molecular complexity index is 812. The van der Waals surface area contributed by atoms with Crippen molar-refractivity contribution in [2.75, 3.05) is 24.5 Å². The van der Waals surface area contributed by atoms with Gasteiger partial charge in [-0.1, -0.05) is 49.5 Å². The highest BCUT2D eigenvalue weighted by Crippen LogP contribution is 2.33. The Kier molecular flexibility index (Phi) is 8.18. The fourth-order valence-electron chi connectivity index (χ4n) is 3.31. The van der Waals surface area contributed by atoms with Crippen LogP contribution in [0.2, 0.25) is 5.02 Å². The van der Waals surface area contributed by atoms with E-state index in [2.05, 4.69) is 14.6 Å². The van der Waals surface area contributed by atoms with Gasteiger partial charge in [0.1, 0.15) is 5.82 Å². The van der Waals surface area contributed by atoms with Gasteiger partial charge in [0.05, 0.1) is 0 Å². The minimum atomic E-state index is 0.541. The normalized spacial score (nSPS) is 18.5. The first-order valence-electron chi connectivity index (χ1n) is 10.6. The van der Waals surface area contributed by atoms with Crippen molar-refractivity contribution in [3.63, 3.8) is 0 Å². The minimum Gasteiger partial charge on any atom is -0.356 e. The molecule has 0 radical (unpaired) electrons. The topological polar surface area (TPSA) is 67.1 Å². The second-order valence-corrected chi connectivity index (χ2v) is 9.08. The van der Waals surface area contributed by atoms with E-state index in [0.29, 0.717) is 5.92 Å². The van der Waals surface area contributed by atoms with Crippen molar-refractivity contribution in [2.45, 2.75) is 51.8 Å². The first-order valence-corrected chi connectivity index (χ1v) is 11.9. The molecule has 0 amide bonds. The largest absolute Gasteiger partial charge is 0.356 e. The molecule has 7 heteroatoms. The predicted molar refractivity (Wildman–Crippen MR) is 125 cm³/mol. The van der Waals surface area contributed by atoms with Crippen molar-refractivity contribution in [1.29, 1.82) is 0 Å². The predicted octanol–water partition coefficient (Wildman–Crippen LogP) is 4.82. The minimum absolute atomic E-state index is 0.541. The van der Waals surface area contributed by atoms with Gasteiger partial charge in [-0.25, -0.2) is 9.97 Å². The fourth-order valence-corrected chi connectivity index (χ4v) is 4.33. The molecule has 158 valence electrons. The van der Waals surface area contributed by atoms with Crippen LogP contribution in [0.4, 0.5) is 5.82 Å². The molecule has 1 aromatic carbocycles. The number of hydrogen-bond donors (Lipinski definition) is 2. The summed E-state index contributed by atoms with van der Waals surface area (Å²) >= 11 is 8.15. The van der Waals surface area contributed by atoms with Crippen LogP contribution in [-0.2, 0) is 6.54 Å². The highest BCUT2D eigenvalue weighted by atomic mass is 35.5. The molecular weight excluding hydrogens is 402 g/mol. The Morgan fingerprint density at radius 3 is 2.72 bits per heavy atom. The zero-order valence-corrected chi connectivity index (χ0v) is 19.2. The van der Waals surface area contributed by atoms with Crippen LogP contribution < -0.4 is 15.4 Å². The standard InChI is InChI=1S/C20H26ClN5S.C2H6/c1-13-2-3-15(8-18(13)21)19-23-10-16(11-24-27-17-4-5-17)20(25-19)26-7-6-14(9-22)12-26;1-2/h2-3,8,10,14,17,24H,4-7,9,11-12,22H2,1H3;1-2H3. The number of hydrogen-bond acceptors (Lipinski definition) is 6. The molecule has 0 spiro atoms. The molecule has 1 atom stereocenters. The number of anilines is 1. The van der Waals surface area contributed by atoms with Gasteiger partial charge in [0.15, 0.2) is 5.82 Å². The smallest absolute Gasteiger partial charge is 0.161 e. The van der Waals surface area contributed by atoms with Crippen molar-refractivity contribution in [3.8, 4) is 11.4 Å². The number of benzene rings is 1. The van der Waals surface area contributed by atoms with Gasteiger partial charge in [0.2, 0.25) is 0 Å². The highest BCUT2D eigenvalue weighted by Gasteiger charge is 2.26. The van der Waals surface area contributed by atoms with Crippen LogP contribution >= 0.6 is 23.5 Å². The summed E-state index contributed by atoms with van der Waals surface area (Å²) in [6.07, 6.45) is 5.72. The molecule has 2 fully saturated rings. The molecule has 0 bridgehead atoms. The number of aromatic nitrogens is 2.